The van der Waals surface area contributed by atoms with E-state index in [0.29, 0.717) is 43.2 Å². The van der Waals surface area contributed by atoms with Crippen molar-refractivity contribution in [3.8, 4) is 11.5 Å². The van der Waals surface area contributed by atoms with Gasteiger partial charge in [0.2, 0.25) is 0 Å². The van der Waals surface area contributed by atoms with E-state index in [1.165, 1.54) is 6.33 Å². The lowest BCUT2D eigenvalue weighted by atomic mass is 9.91. The van der Waals surface area contributed by atoms with Crippen LogP contribution in [0.3, 0.4) is 0 Å². The molecule has 216 valence electrons. The van der Waals surface area contributed by atoms with Gasteiger partial charge in [-0.1, -0.05) is 57.2 Å². The highest BCUT2D eigenvalue weighted by Gasteiger charge is 2.42. The van der Waals surface area contributed by atoms with Crippen molar-refractivity contribution in [3.63, 3.8) is 0 Å². The molecule has 0 fully saturated rings. The SMILES string of the molecule is COc1cc2c(cc1OCc1ccccc1)NCC1C=C(c3cncnc3)C[C@@H](CO[Si](C)(C)C(C)(C)C)N1C2=O. The molecule has 3 heterocycles. The lowest BCUT2D eigenvalue weighted by molar-refractivity contribution is 0.0541. The summed E-state index contributed by atoms with van der Waals surface area (Å²) in [5.41, 5.74) is 4.44. The molecular weight excluding hydrogens is 532 g/mol. The van der Waals surface area contributed by atoms with Gasteiger partial charge >= 0.3 is 0 Å². The second-order valence-corrected chi connectivity index (χ2v) is 17.0. The Morgan fingerprint density at radius 2 is 1.80 bits per heavy atom. The summed E-state index contributed by atoms with van der Waals surface area (Å²) < 4.78 is 18.5. The second kappa shape index (κ2) is 11.7. The third-order valence-corrected chi connectivity index (χ3v) is 13.0. The number of rotatable bonds is 8. The van der Waals surface area contributed by atoms with Crippen molar-refractivity contribution in [1.82, 2.24) is 14.9 Å². The Bertz CT molecular complexity index is 1410. The topological polar surface area (TPSA) is 85.8 Å². The van der Waals surface area contributed by atoms with Crippen molar-refractivity contribution in [2.24, 2.45) is 0 Å². The van der Waals surface area contributed by atoms with Gasteiger partial charge in [-0.3, -0.25) is 4.79 Å². The van der Waals surface area contributed by atoms with Gasteiger partial charge < -0.3 is 24.1 Å². The number of ether oxygens (including phenoxy) is 2. The maximum Gasteiger partial charge on any atom is 0.256 e. The summed E-state index contributed by atoms with van der Waals surface area (Å²) in [6.07, 6.45) is 8.04. The Morgan fingerprint density at radius 1 is 1.07 bits per heavy atom. The highest BCUT2D eigenvalue weighted by Crippen LogP contribution is 2.41. The van der Waals surface area contributed by atoms with E-state index in [2.05, 4.69) is 55.2 Å². The predicted molar refractivity (Wildman–Crippen MR) is 164 cm³/mol. The molecule has 2 aromatic carbocycles. The number of fused-ring (bicyclic) bond motifs is 2. The molecule has 2 atom stereocenters. The molecule has 9 heteroatoms. The van der Waals surface area contributed by atoms with Crippen molar-refractivity contribution in [2.75, 3.05) is 25.6 Å². The normalized spacial score (nSPS) is 18.9. The Morgan fingerprint density at radius 3 is 2.49 bits per heavy atom. The Kier molecular flexibility index (Phi) is 8.20. The maximum absolute atomic E-state index is 14.3. The number of anilines is 1. The minimum absolute atomic E-state index is 0.0497. The summed E-state index contributed by atoms with van der Waals surface area (Å²) >= 11 is 0. The van der Waals surface area contributed by atoms with Crippen LogP contribution < -0.4 is 14.8 Å². The molecule has 2 aliphatic rings. The molecule has 0 radical (unpaired) electrons. The number of hydrogen-bond donors (Lipinski definition) is 1. The van der Waals surface area contributed by atoms with Crippen molar-refractivity contribution < 1.29 is 18.7 Å². The summed E-state index contributed by atoms with van der Waals surface area (Å²) in [4.78, 5) is 24.8. The van der Waals surface area contributed by atoms with Gasteiger partial charge in [0.1, 0.15) is 12.9 Å². The van der Waals surface area contributed by atoms with Crippen molar-refractivity contribution in [3.05, 3.63) is 84.0 Å². The molecular formula is C32H40N4O4Si. The van der Waals surface area contributed by atoms with Gasteiger partial charge in [-0.05, 0) is 41.8 Å². The number of carbonyl (C=O) groups excluding carboxylic acids is 1. The summed E-state index contributed by atoms with van der Waals surface area (Å²) in [5.74, 6) is 1.06. The number of methoxy groups -OCH3 is 1. The molecule has 1 aromatic heterocycles. The number of benzene rings is 2. The molecule has 1 unspecified atom stereocenters. The summed E-state index contributed by atoms with van der Waals surface area (Å²) in [7, 11) is -0.447. The summed E-state index contributed by atoms with van der Waals surface area (Å²) in [6.45, 7) is 12.6. The van der Waals surface area contributed by atoms with Gasteiger partial charge in [0.05, 0.1) is 37.1 Å². The summed E-state index contributed by atoms with van der Waals surface area (Å²) in [6, 6.07) is 13.3. The molecule has 1 amide bonds. The molecule has 0 bridgehead atoms. The van der Waals surface area contributed by atoms with Crippen LogP contribution in [0.15, 0.2) is 67.3 Å². The van der Waals surface area contributed by atoms with Crippen LogP contribution in [0.4, 0.5) is 5.69 Å². The number of nitrogens with one attached hydrogen (secondary N) is 1. The molecule has 0 aliphatic carbocycles. The van der Waals surface area contributed by atoms with Gasteiger partial charge in [-0.15, -0.1) is 0 Å². The zero-order valence-corrected chi connectivity index (χ0v) is 25.8. The van der Waals surface area contributed by atoms with E-state index in [0.717, 1.165) is 22.4 Å². The fraction of sp³-hybridized carbons (Fsp3) is 0.406. The fourth-order valence-electron chi connectivity index (χ4n) is 5.06. The van der Waals surface area contributed by atoms with E-state index < -0.39 is 8.32 Å². The molecule has 0 spiro atoms. The van der Waals surface area contributed by atoms with Gasteiger partial charge in [-0.25, -0.2) is 9.97 Å². The number of carbonyl (C=O) groups is 1. The van der Waals surface area contributed by atoms with E-state index in [1.807, 2.05) is 53.7 Å². The smallest absolute Gasteiger partial charge is 0.256 e. The molecule has 2 aliphatic heterocycles. The van der Waals surface area contributed by atoms with Crippen molar-refractivity contribution in [2.45, 2.75) is 64.0 Å². The van der Waals surface area contributed by atoms with Crippen molar-refractivity contribution >= 4 is 25.5 Å². The van der Waals surface area contributed by atoms with E-state index >= 15 is 0 Å². The summed E-state index contributed by atoms with van der Waals surface area (Å²) in [5, 5.41) is 3.59. The molecule has 1 N–H and O–H groups in total. The third kappa shape index (κ3) is 6.16. The number of nitrogens with zero attached hydrogens (tertiary/aromatic N) is 3. The first-order valence-electron chi connectivity index (χ1n) is 14.1. The van der Waals surface area contributed by atoms with E-state index in [4.69, 9.17) is 13.9 Å². The molecule has 5 rings (SSSR count). The standard InChI is InChI=1S/C32H40N4O4Si/c1-32(2,3)41(5,6)40-20-26-13-23(24-16-33-21-34-17-24)12-25-18-35-28-15-30(39-19-22-10-8-7-9-11-22)29(38-4)14-27(28)31(37)36(25)26/h7-12,14-17,21,25-26,35H,13,18-20H2,1-6H3/t25?,26-/m0/s1. The highest BCUT2D eigenvalue weighted by molar-refractivity contribution is 6.74. The Hall–Kier alpha value is -3.69. The number of aromatic nitrogens is 2. The van der Waals surface area contributed by atoms with E-state index in [1.54, 1.807) is 13.2 Å². The highest BCUT2D eigenvalue weighted by atomic mass is 28.4. The first-order chi connectivity index (χ1) is 19.6. The average Bonchev–Trinajstić information content (AvgIpc) is 3.10. The quantitative estimate of drug-likeness (QED) is 0.323. The average molecular weight is 573 g/mol. The van der Waals surface area contributed by atoms with Crippen molar-refractivity contribution in [1.29, 1.82) is 0 Å². The molecule has 0 saturated heterocycles. The first-order valence-corrected chi connectivity index (χ1v) is 17.0. The van der Waals surface area contributed by atoms with E-state index in [-0.39, 0.29) is 23.0 Å². The number of amides is 1. The fourth-order valence-corrected chi connectivity index (χ4v) is 6.10. The number of hydrogen-bond acceptors (Lipinski definition) is 7. The monoisotopic (exact) mass is 572 g/mol. The Balaban J connectivity index is 1.48. The largest absolute Gasteiger partial charge is 0.493 e. The Labute approximate surface area is 243 Å². The lowest BCUT2D eigenvalue weighted by Gasteiger charge is -2.43. The van der Waals surface area contributed by atoms with Crippen LogP contribution in [0.1, 0.15) is 48.7 Å². The molecule has 0 saturated carbocycles. The predicted octanol–water partition coefficient (Wildman–Crippen LogP) is 6.18. The zero-order valence-electron chi connectivity index (χ0n) is 24.8. The van der Waals surface area contributed by atoms with Crippen LogP contribution in [0, 0.1) is 0 Å². The minimum Gasteiger partial charge on any atom is -0.493 e. The van der Waals surface area contributed by atoms with Crippen LogP contribution in [0.25, 0.3) is 5.57 Å². The molecule has 8 nitrogen and oxygen atoms in total. The van der Waals surface area contributed by atoms with Gasteiger partial charge in [-0.2, -0.15) is 0 Å². The minimum atomic E-state index is -2.05. The third-order valence-electron chi connectivity index (χ3n) is 8.48. The van der Waals surface area contributed by atoms with E-state index in [9.17, 15) is 4.79 Å². The molecule has 3 aromatic rings. The van der Waals surface area contributed by atoms with Crippen LogP contribution >= 0.6 is 0 Å². The van der Waals surface area contributed by atoms with Gasteiger partial charge in [0.15, 0.2) is 19.8 Å². The van der Waals surface area contributed by atoms with Crippen LogP contribution in [-0.4, -0.2) is 61.4 Å². The first kappa shape index (κ1) is 28.8. The van der Waals surface area contributed by atoms with Gasteiger partial charge in [0.25, 0.3) is 5.91 Å². The van der Waals surface area contributed by atoms with Crippen LogP contribution in [-0.2, 0) is 11.0 Å². The zero-order chi connectivity index (χ0) is 29.2. The lowest BCUT2D eigenvalue weighted by Crippen LogP contribution is -2.53. The maximum atomic E-state index is 14.3. The molecule has 41 heavy (non-hydrogen) atoms. The van der Waals surface area contributed by atoms with Crippen LogP contribution in [0.2, 0.25) is 18.1 Å². The second-order valence-electron chi connectivity index (χ2n) is 12.2. The van der Waals surface area contributed by atoms with Crippen LogP contribution in [0.5, 0.6) is 11.5 Å². The van der Waals surface area contributed by atoms with Gasteiger partial charge in [0, 0.05) is 30.6 Å².